The summed E-state index contributed by atoms with van der Waals surface area (Å²) >= 11 is 0. The molecule has 0 radical (unpaired) electrons. The van der Waals surface area contributed by atoms with Gasteiger partial charge in [0.1, 0.15) is 9.84 Å². The fourth-order valence-corrected chi connectivity index (χ4v) is 2.52. The minimum Gasteiger partial charge on any atom is -0.394 e. The van der Waals surface area contributed by atoms with Gasteiger partial charge in [-0.15, -0.1) is 0 Å². The van der Waals surface area contributed by atoms with E-state index in [2.05, 4.69) is 5.32 Å². The van der Waals surface area contributed by atoms with Gasteiger partial charge in [-0.25, -0.2) is 8.42 Å². The van der Waals surface area contributed by atoms with Crippen molar-refractivity contribution in [1.29, 1.82) is 0 Å². The van der Waals surface area contributed by atoms with Gasteiger partial charge >= 0.3 is 0 Å². The van der Waals surface area contributed by atoms with E-state index in [0.717, 1.165) is 11.8 Å². The van der Waals surface area contributed by atoms with E-state index >= 15 is 0 Å². The monoisotopic (exact) mass is 314 g/mol. The summed E-state index contributed by atoms with van der Waals surface area (Å²) in [7, 11) is -3.14. The first-order valence-corrected chi connectivity index (χ1v) is 8.76. The van der Waals surface area contributed by atoms with Crippen LogP contribution in [0.2, 0.25) is 0 Å². The Kier molecular flexibility index (Phi) is 6.80. The van der Waals surface area contributed by atoms with Crippen LogP contribution in [0, 0.1) is 0 Å². The van der Waals surface area contributed by atoms with Crippen molar-refractivity contribution in [3.8, 4) is 0 Å². The highest BCUT2D eigenvalue weighted by Crippen LogP contribution is 2.03. The van der Waals surface area contributed by atoms with Crippen molar-refractivity contribution < 1.29 is 18.3 Å². The zero-order chi connectivity index (χ0) is 15.9. The number of benzene rings is 1. The molecular weight excluding hydrogens is 292 g/mol. The molecule has 0 bridgehead atoms. The smallest absolute Gasteiger partial charge is 0.237 e. The number of aliphatic hydroxyl groups is 1. The van der Waals surface area contributed by atoms with Gasteiger partial charge in [-0.05, 0) is 18.4 Å². The summed E-state index contributed by atoms with van der Waals surface area (Å²) in [6.07, 6.45) is 1.65. The number of nitrogens with one attached hydrogen (secondary N) is 1. The largest absolute Gasteiger partial charge is 0.394 e. The number of carbonyl (C=O) groups excluding carboxylic acids is 1. The Labute approximate surface area is 125 Å². The highest BCUT2D eigenvalue weighted by molar-refractivity contribution is 7.90. The summed E-state index contributed by atoms with van der Waals surface area (Å²) in [5.74, 6) is -0.585. The average Bonchev–Trinajstić information content (AvgIpc) is 2.44. The molecule has 0 aliphatic heterocycles. The van der Waals surface area contributed by atoms with Crippen LogP contribution in [0.4, 0.5) is 0 Å². The summed E-state index contributed by atoms with van der Waals surface area (Å²) in [6, 6.07) is 8.11. The van der Waals surface area contributed by atoms with E-state index in [1.54, 1.807) is 0 Å². The van der Waals surface area contributed by atoms with Crippen molar-refractivity contribution >= 4 is 15.7 Å². The summed E-state index contributed by atoms with van der Waals surface area (Å²) < 4.78 is 22.1. The third-order valence-corrected chi connectivity index (χ3v) is 4.01. The van der Waals surface area contributed by atoms with Crippen LogP contribution in [0.3, 0.4) is 0 Å². The maximum Gasteiger partial charge on any atom is 0.237 e. The van der Waals surface area contributed by atoms with Crippen molar-refractivity contribution in [1.82, 2.24) is 5.32 Å². The number of rotatable bonds is 8. The molecule has 0 saturated heterocycles. The normalized spacial score (nSPS) is 14.4. The van der Waals surface area contributed by atoms with Crippen molar-refractivity contribution in [2.24, 2.45) is 5.73 Å². The van der Waals surface area contributed by atoms with Crippen LogP contribution in [-0.4, -0.2) is 50.1 Å². The molecule has 0 aliphatic rings. The predicted octanol–water partition coefficient (Wildman–Crippen LogP) is -0.532. The Morgan fingerprint density at radius 3 is 2.48 bits per heavy atom. The quantitative estimate of drug-likeness (QED) is 0.597. The molecule has 1 amide bonds. The van der Waals surface area contributed by atoms with Gasteiger partial charge in [-0.2, -0.15) is 0 Å². The Balaban J connectivity index is 2.50. The second-order valence-electron chi connectivity index (χ2n) is 5.10. The zero-order valence-electron chi connectivity index (χ0n) is 12.0. The third-order valence-electron chi connectivity index (χ3n) is 3.03. The second-order valence-corrected chi connectivity index (χ2v) is 7.36. The Hall–Kier alpha value is -1.44. The van der Waals surface area contributed by atoms with Crippen LogP contribution >= 0.6 is 0 Å². The molecule has 1 unspecified atom stereocenters. The molecule has 7 heteroatoms. The van der Waals surface area contributed by atoms with Gasteiger partial charge in [0, 0.05) is 6.26 Å². The molecule has 6 nitrogen and oxygen atoms in total. The van der Waals surface area contributed by atoms with E-state index < -0.39 is 27.8 Å². The molecule has 0 aliphatic carbocycles. The van der Waals surface area contributed by atoms with Gasteiger partial charge in [0.25, 0.3) is 0 Å². The van der Waals surface area contributed by atoms with Crippen molar-refractivity contribution in [3.63, 3.8) is 0 Å². The Morgan fingerprint density at radius 1 is 1.33 bits per heavy atom. The first-order valence-electron chi connectivity index (χ1n) is 6.70. The minimum absolute atomic E-state index is 0.0636. The maximum atomic E-state index is 11.9. The number of aliphatic hydroxyl groups excluding tert-OH is 1. The van der Waals surface area contributed by atoms with Gasteiger partial charge in [0.15, 0.2) is 0 Å². The molecule has 4 N–H and O–H groups in total. The summed E-state index contributed by atoms with van der Waals surface area (Å²) in [5, 5.41) is 12.0. The highest BCUT2D eigenvalue weighted by atomic mass is 32.2. The average molecular weight is 314 g/mol. The van der Waals surface area contributed by atoms with Crippen LogP contribution in [0.15, 0.2) is 30.3 Å². The number of nitrogens with two attached hydrogens (primary N) is 1. The molecule has 0 heterocycles. The molecule has 0 fully saturated rings. The number of hydrogen-bond acceptors (Lipinski definition) is 5. The molecule has 21 heavy (non-hydrogen) atoms. The number of sulfone groups is 1. The molecule has 2 atom stereocenters. The molecule has 118 valence electrons. The van der Waals surface area contributed by atoms with E-state index in [9.17, 15) is 18.3 Å². The lowest BCUT2D eigenvalue weighted by atomic mass is 10.1. The van der Waals surface area contributed by atoms with Gasteiger partial charge in [-0.1, -0.05) is 30.3 Å². The summed E-state index contributed by atoms with van der Waals surface area (Å²) in [5.41, 5.74) is 6.65. The summed E-state index contributed by atoms with van der Waals surface area (Å²) in [6.45, 7) is -0.209. The van der Waals surface area contributed by atoms with Crippen LogP contribution in [0.25, 0.3) is 0 Å². The van der Waals surface area contributed by atoms with E-state index in [4.69, 9.17) is 5.73 Å². The molecule has 0 saturated carbocycles. The minimum atomic E-state index is -3.14. The van der Waals surface area contributed by atoms with Crippen LogP contribution < -0.4 is 11.1 Å². The van der Waals surface area contributed by atoms with E-state index in [-0.39, 0.29) is 18.8 Å². The van der Waals surface area contributed by atoms with Gasteiger partial charge in [0.05, 0.1) is 24.4 Å². The number of amides is 1. The molecular formula is C14H22N2O4S. The molecule has 1 rings (SSSR count). The molecule has 0 spiro atoms. The maximum absolute atomic E-state index is 11.9. The SMILES string of the molecule is CS(=O)(=O)CCC(N)C(=O)N[C@@H](CO)Cc1ccccc1. The fourth-order valence-electron chi connectivity index (χ4n) is 1.84. The van der Waals surface area contributed by atoms with E-state index in [0.29, 0.717) is 6.42 Å². The lowest BCUT2D eigenvalue weighted by Crippen LogP contribution is -2.48. The van der Waals surface area contributed by atoms with Crippen molar-refractivity contribution in [2.45, 2.75) is 24.9 Å². The van der Waals surface area contributed by atoms with E-state index in [1.165, 1.54) is 0 Å². The third kappa shape index (κ3) is 7.22. The van der Waals surface area contributed by atoms with Crippen molar-refractivity contribution in [3.05, 3.63) is 35.9 Å². The molecule has 1 aromatic carbocycles. The number of carbonyl (C=O) groups is 1. The second kappa shape index (κ2) is 8.11. The Morgan fingerprint density at radius 2 is 1.95 bits per heavy atom. The fraction of sp³-hybridized carbons (Fsp3) is 0.500. The van der Waals surface area contributed by atoms with Crippen LogP contribution in [0.5, 0.6) is 0 Å². The highest BCUT2D eigenvalue weighted by Gasteiger charge is 2.19. The first-order chi connectivity index (χ1) is 9.81. The lowest BCUT2D eigenvalue weighted by Gasteiger charge is -2.19. The van der Waals surface area contributed by atoms with Gasteiger partial charge in [0.2, 0.25) is 5.91 Å². The zero-order valence-corrected chi connectivity index (χ0v) is 12.8. The molecule has 1 aromatic rings. The van der Waals surface area contributed by atoms with E-state index in [1.807, 2.05) is 30.3 Å². The molecule has 0 aromatic heterocycles. The first kappa shape index (κ1) is 17.6. The van der Waals surface area contributed by atoms with Crippen LogP contribution in [0.1, 0.15) is 12.0 Å². The topological polar surface area (TPSA) is 109 Å². The van der Waals surface area contributed by atoms with Crippen LogP contribution in [-0.2, 0) is 21.1 Å². The van der Waals surface area contributed by atoms with Gasteiger partial charge in [-0.3, -0.25) is 4.79 Å². The predicted molar refractivity (Wildman–Crippen MR) is 81.5 cm³/mol. The lowest BCUT2D eigenvalue weighted by molar-refractivity contribution is -0.123. The summed E-state index contributed by atoms with van der Waals surface area (Å²) in [4.78, 5) is 11.9. The number of hydrogen-bond donors (Lipinski definition) is 3. The van der Waals surface area contributed by atoms with Crippen molar-refractivity contribution in [2.75, 3.05) is 18.6 Å². The van der Waals surface area contributed by atoms with Gasteiger partial charge < -0.3 is 16.2 Å². The standard InChI is InChI=1S/C14H22N2O4S/c1-21(19,20)8-7-13(15)14(18)16-12(10-17)9-11-5-3-2-4-6-11/h2-6,12-13,17H,7-10,15H2,1H3,(H,16,18)/t12-,13?/m1/s1. The Bertz CT molecular complexity index is 545.